The first-order chi connectivity index (χ1) is 4.97. The predicted molar refractivity (Wildman–Crippen MR) is 42.5 cm³/mol. The molecule has 1 saturated heterocycles. The van der Waals surface area contributed by atoms with Gasteiger partial charge in [-0.25, -0.2) is 0 Å². The molecule has 0 unspecified atom stereocenters. The zero-order valence-corrected chi connectivity index (χ0v) is 6.55. The van der Waals surface area contributed by atoms with Crippen molar-refractivity contribution in [2.45, 2.75) is 44.6 Å². The minimum absolute atomic E-state index is 0.933. The molecule has 0 N–H and O–H groups in total. The molecule has 0 bridgehead atoms. The highest BCUT2D eigenvalue weighted by atomic mass is 15.2. The molecular formula is C9H16N. The molecule has 1 aliphatic heterocycles. The first kappa shape index (κ1) is 6.66. The molecule has 0 aromatic rings. The summed E-state index contributed by atoms with van der Waals surface area (Å²) in [5.41, 5.74) is 0. The van der Waals surface area contributed by atoms with Crippen LogP contribution in [0, 0.1) is 6.54 Å². The van der Waals surface area contributed by atoms with Crippen LogP contribution in [0.15, 0.2) is 0 Å². The predicted octanol–water partition coefficient (Wildman–Crippen LogP) is 2.19. The molecule has 1 aliphatic carbocycles. The average Bonchev–Trinajstić information content (AvgIpc) is 2.59. The fourth-order valence-electron chi connectivity index (χ4n) is 2.19. The summed E-state index contributed by atoms with van der Waals surface area (Å²) in [6, 6.07) is 0.933. The van der Waals surface area contributed by atoms with Gasteiger partial charge in [0, 0.05) is 12.6 Å². The highest BCUT2D eigenvalue weighted by molar-refractivity contribution is 4.86. The van der Waals surface area contributed by atoms with Crippen LogP contribution >= 0.6 is 0 Å². The zero-order valence-electron chi connectivity index (χ0n) is 6.55. The molecule has 2 fully saturated rings. The monoisotopic (exact) mass is 138 g/mol. The standard InChI is InChI=1S/C9H16N/c1-2-6-9(5-1)10-7-3-4-8-10/h7,9H,1-6,8H2. The fourth-order valence-corrected chi connectivity index (χ4v) is 2.19. The van der Waals surface area contributed by atoms with Crippen LogP contribution in [-0.4, -0.2) is 17.5 Å². The lowest BCUT2D eigenvalue weighted by Crippen LogP contribution is -2.27. The van der Waals surface area contributed by atoms with E-state index in [4.69, 9.17) is 0 Å². The summed E-state index contributed by atoms with van der Waals surface area (Å²) in [6.07, 6.45) is 8.57. The smallest absolute Gasteiger partial charge is 0.0255 e. The lowest BCUT2D eigenvalue weighted by Gasteiger charge is -2.21. The lowest BCUT2D eigenvalue weighted by atomic mass is 10.2. The van der Waals surface area contributed by atoms with Gasteiger partial charge < -0.3 is 0 Å². The van der Waals surface area contributed by atoms with Crippen LogP contribution in [0.4, 0.5) is 0 Å². The highest BCUT2D eigenvalue weighted by Crippen LogP contribution is 2.27. The molecule has 10 heavy (non-hydrogen) atoms. The van der Waals surface area contributed by atoms with Gasteiger partial charge in [0.2, 0.25) is 0 Å². The third kappa shape index (κ3) is 1.20. The Morgan fingerprint density at radius 3 is 2.50 bits per heavy atom. The van der Waals surface area contributed by atoms with Crippen LogP contribution in [0.25, 0.3) is 0 Å². The van der Waals surface area contributed by atoms with Gasteiger partial charge in [-0.3, -0.25) is 4.90 Å². The normalized spacial score (nSPS) is 30.0. The van der Waals surface area contributed by atoms with Crippen molar-refractivity contribution in [3.63, 3.8) is 0 Å². The van der Waals surface area contributed by atoms with Crippen molar-refractivity contribution in [2.75, 3.05) is 6.54 Å². The minimum atomic E-state index is 0.933. The number of nitrogens with zero attached hydrogens (tertiary/aromatic N) is 1. The molecule has 2 aliphatic rings. The van der Waals surface area contributed by atoms with E-state index in [2.05, 4.69) is 11.4 Å². The molecule has 0 spiro atoms. The number of likely N-dealkylation sites (tertiary alicyclic amines) is 1. The van der Waals surface area contributed by atoms with Gasteiger partial charge in [-0.2, -0.15) is 0 Å². The van der Waals surface area contributed by atoms with Crippen molar-refractivity contribution >= 4 is 0 Å². The molecule has 1 heteroatoms. The molecular weight excluding hydrogens is 122 g/mol. The summed E-state index contributed by atoms with van der Waals surface area (Å²) in [5.74, 6) is 0. The molecule has 1 heterocycles. The van der Waals surface area contributed by atoms with Crippen molar-refractivity contribution < 1.29 is 0 Å². The van der Waals surface area contributed by atoms with Gasteiger partial charge in [0.05, 0.1) is 0 Å². The Hall–Kier alpha value is -0.0400. The lowest BCUT2D eigenvalue weighted by molar-refractivity contribution is 0.284. The van der Waals surface area contributed by atoms with Crippen molar-refractivity contribution in [1.29, 1.82) is 0 Å². The summed E-state index contributed by atoms with van der Waals surface area (Å²) in [6.45, 7) is 3.75. The summed E-state index contributed by atoms with van der Waals surface area (Å²) in [5, 5.41) is 0. The van der Waals surface area contributed by atoms with Gasteiger partial charge in [-0.15, -0.1) is 0 Å². The SMILES string of the molecule is [CH]1CCCN1C1CCCC1. The quantitative estimate of drug-likeness (QED) is 0.537. The molecule has 1 saturated carbocycles. The number of hydrogen-bond donors (Lipinski definition) is 0. The third-order valence-electron chi connectivity index (χ3n) is 2.78. The molecule has 0 aromatic carbocycles. The first-order valence-corrected chi connectivity index (χ1v) is 4.56. The number of hydrogen-bond acceptors (Lipinski definition) is 1. The van der Waals surface area contributed by atoms with Gasteiger partial charge >= 0.3 is 0 Å². The van der Waals surface area contributed by atoms with Gasteiger partial charge in [-0.1, -0.05) is 12.8 Å². The van der Waals surface area contributed by atoms with E-state index in [0.29, 0.717) is 0 Å². The van der Waals surface area contributed by atoms with E-state index in [9.17, 15) is 0 Å². The van der Waals surface area contributed by atoms with Crippen LogP contribution in [0.2, 0.25) is 0 Å². The van der Waals surface area contributed by atoms with E-state index in [-0.39, 0.29) is 0 Å². The van der Waals surface area contributed by atoms with Crippen molar-refractivity contribution in [2.24, 2.45) is 0 Å². The van der Waals surface area contributed by atoms with Gasteiger partial charge in [-0.05, 0) is 32.2 Å². The largest absolute Gasteiger partial charge is 0.296 e. The molecule has 2 rings (SSSR count). The van der Waals surface area contributed by atoms with E-state index < -0.39 is 0 Å². The van der Waals surface area contributed by atoms with Crippen LogP contribution < -0.4 is 0 Å². The van der Waals surface area contributed by atoms with Gasteiger partial charge in [0.25, 0.3) is 0 Å². The summed E-state index contributed by atoms with van der Waals surface area (Å²) < 4.78 is 0. The van der Waals surface area contributed by atoms with E-state index in [1.54, 1.807) is 0 Å². The van der Waals surface area contributed by atoms with E-state index in [1.165, 1.54) is 45.1 Å². The summed E-state index contributed by atoms with van der Waals surface area (Å²) in [4.78, 5) is 2.58. The molecule has 1 nitrogen and oxygen atoms in total. The Morgan fingerprint density at radius 2 is 1.90 bits per heavy atom. The molecule has 0 atom stereocenters. The Labute approximate surface area is 63.4 Å². The minimum Gasteiger partial charge on any atom is -0.296 e. The molecule has 0 amide bonds. The maximum absolute atomic E-state index is 2.58. The Kier molecular flexibility index (Phi) is 1.94. The Bertz CT molecular complexity index is 85.3. The fraction of sp³-hybridized carbons (Fsp3) is 0.889. The topological polar surface area (TPSA) is 3.24 Å². The van der Waals surface area contributed by atoms with Crippen molar-refractivity contribution in [3.05, 3.63) is 6.54 Å². The Morgan fingerprint density at radius 1 is 1.10 bits per heavy atom. The Balaban J connectivity index is 1.85. The second kappa shape index (κ2) is 2.91. The highest BCUT2D eigenvalue weighted by Gasteiger charge is 2.24. The van der Waals surface area contributed by atoms with Crippen LogP contribution in [-0.2, 0) is 0 Å². The van der Waals surface area contributed by atoms with Crippen LogP contribution in [0.3, 0.4) is 0 Å². The van der Waals surface area contributed by atoms with E-state index in [1.807, 2.05) is 0 Å². The average molecular weight is 138 g/mol. The number of rotatable bonds is 1. The molecule has 57 valence electrons. The summed E-state index contributed by atoms with van der Waals surface area (Å²) in [7, 11) is 0. The maximum Gasteiger partial charge on any atom is 0.0255 e. The second-order valence-electron chi connectivity index (χ2n) is 3.50. The van der Waals surface area contributed by atoms with Crippen molar-refractivity contribution in [3.8, 4) is 0 Å². The van der Waals surface area contributed by atoms with E-state index >= 15 is 0 Å². The van der Waals surface area contributed by atoms with Crippen LogP contribution in [0.1, 0.15) is 38.5 Å². The molecule has 0 aromatic heterocycles. The molecule has 1 radical (unpaired) electrons. The second-order valence-corrected chi connectivity index (χ2v) is 3.50. The summed E-state index contributed by atoms with van der Waals surface area (Å²) >= 11 is 0. The third-order valence-corrected chi connectivity index (χ3v) is 2.78. The zero-order chi connectivity index (χ0) is 6.81. The van der Waals surface area contributed by atoms with Crippen LogP contribution in [0.5, 0.6) is 0 Å². The van der Waals surface area contributed by atoms with Crippen molar-refractivity contribution in [1.82, 2.24) is 4.90 Å². The van der Waals surface area contributed by atoms with Gasteiger partial charge in [0.1, 0.15) is 0 Å². The first-order valence-electron chi connectivity index (χ1n) is 4.56. The van der Waals surface area contributed by atoms with Gasteiger partial charge in [0.15, 0.2) is 0 Å². The maximum atomic E-state index is 2.58. The van der Waals surface area contributed by atoms with E-state index in [0.717, 1.165) is 6.04 Å².